The molecule has 0 fully saturated rings. The molecule has 0 unspecified atom stereocenters. The van der Waals surface area contributed by atoms with Crippen molar-refractivity contribution in [2.75, 3.05) is 6.54 Å². The zero-order valence-corrected chi connectivity index (χ0v) is 8.44. The fourth-order valence-corrected chi connectivity index (χ4v) is 0.705. The molecule has 0 atom stereocenters. The first-order chi connectivity index (χ1) is 4.92. The Morgan fingerprint density at radius 3 is 2.18 bits per heavy atom. The predicted molar refractivity (Wildman–Crippen MR) is 51.7 cm³/mol. The lowest BCUT2D eigenvalue weighted by Gasteiger charge is -2.18. The molecule has 0 aromatic carbocycles. The van der Waals surface area contributed by atoms with E-state index in [9.17, 15) is 0 Å². The van der Waals surface area contributed by atoms with E-state index in [-0.39, 0.29) is 5.54 Å². The molecule has 0 aliphatic rings. The molecule has 0 radical (unpaired) electrons. The fourth-order valence-electron chi connectivity index (χ4n) is 0.705. The summed E-state index contributed by atoms with van der Waals surface area (Å²) in [6.07, 6.45) is 4.41. The topological polar surface area (TPSA) is 12.0 Å². The second-order valence-electron chi connectivity index (χ2n) is 4.30. The Hall–Kier alpha value is -0.300. The van der Waals surface area contributed by atoms with Crippen molar-refractivity contribution in [3.8, 4) is 0 Å². The lowest BCUT2D eigenvalue weighted by Crippen LogP contribution is -2.35. The largest absolute Gasteiger partial charge is 0.309 e. The first-order valence-corrected chi connectivity index (χ1v) is 4.33. The summed E-state index contributed by atoms with van der Waals surface area (Å²) >= 11 is 0. The highest BCUT2D eigenvalue weighted by atomic mass is 14.9. The quantitative estimate of drug-likeness (QED) is 0.618. The molecule has 0 bridgehead atoms. The molecule has 0 heterocycles. The van der Waals surface area contributed by atoms with Crippen LogP contribution in [0.2, 0.25) is 0 Å². The highest BCUT2D eigenvalue weighted by molar-refractivity contribution is 4.88. The highest BCUT2D eigenvalue weighted by Gasteiger charge is 2.05. The SMILES string of the molecule is CC(C)C=CCNC(C)(C)C. The minimum Gasteiger partial charge on any atom is -0.309 e. The minimum atomic E-state index is 0.237. The van der Waals surface area contributed by atoms with Crippen LogP contribution in [0.4, 0.5) is 0 Å². The number of hydrogen-bond acceptors (Lipinski definition) is 1. The van der Waals surface area contributed by atoms with Crippen LogP contribution in [-0.4, -0.2) is 12.1 Å². The van der Waals surface area contributed by atoms with Gasteiger partial charge in [-0.15, -0.1) is 0 Å². The van der Waals surface area contributed by atoms with E-state index >= 15 is 0 Å². The van der Waals surface area contributed by atoms with Crippen molar-refractivity contribution < 1.29 is 0 Å². The van der Waals surface area contributed by atoms with Crippen LogP contribution >= 0.6 is 0 Å². The van der Waals surface area contributed by atoms with E-state index in [0.717, 1.165) is 6.54 Å². The first kappa shape index (κ1) is 10.7. The van der Waals surface area contributed by atoms with E-state index in [0.29, 0.717) is 5.92 Å². The molecule has 1 nitrogen and oxygen atoms in total. The molecular formula is C10H21N. The lowest BCUT2D eigenvalue weighted by molar-refractivity contribution is 0.449. The summed E-state index contributed by atoms with van der Waals surface area (Å²) in [6.45, 7) is 11.9. The molecule has 0 amide bonds. The second-order valence-corrected chi connectivity index (χ2v) is 4.30. The maximum atomic E-state index is 3.39. The molecule has 0 saturated carbocycles. The Morgan fingerprint density at radius 1 is 1.27 bits per heavy atom. The van der Waals surface area contributed by atoms with Crippen molar-refractivity contribution in [1.29, 1.82) is 0 Å². The van der Waals surface area contributed by atoms with Crippen LogP contribution in [0.3, 0.4) is 0 Å². The molecule has 0 aliphatic carbocycles. The molecule has 1 N–H and O–H groups in total. The van der Waals surface area contributed by atoms with Crippen molar-refractivity contribution in [3.05, 3.63) is 12.2 Å². The van der Waals surface area contributed by atoms with Gasteiger partial charge in [0.05, 0.1) is 0 Å². The summed E-state index contributed by atoms with van der Waals surface area (Å²) in [5.74, 6) is 0.664. The van der Waals surface area contributed by atoms with Crippen LogP contribution in [-0.2, 0) is 0 Å². The zero-order valence-electron chi connectivity index (χ0n) is 8.44. The molecule has 0 aromatic rings. The summed E-state index contributed by atoms with van der Waals surface area (Å²) in [5, 5.41) is 3.39. The Labute approximate surface area is 70.9 Å². The minimum absolute atomic E-state index is 0.237. The van der Waals surface area contributed by atoms with E-state index < -0.39 is 0 Å². The monoisotopic (exact) mass is 155 g/mol. The molecule has 11 heavy (non-hydrogen) atoms. The maximum Gasteiger partial charge on any atom is 0.0139 e. The number of allylic oxidation sites excluding steroid dienone is 1. The molecule has 0 saturated heterocycles. The van der Waals surface area contributed by atoms with Gasteiger partial charge in [-0.25, -0.2) is 0 Å². The van der Waals surface area contributed by atoms with Gasteiger partial charge in [0, 0.05) is 12.1 Å². The third-order valence-corrected chi connectivity index (χ3v) is 1.27. The van der Waals surface area contributed by atoms with Crippen molar-refractivity contribution in [3.63, 3.8) is 0 Å². The van der Waals surface area contributed by atoms with E-state index in [2.05, 4.69) is 52.1 Å². The van der Waals surface area contributed by atoms with Crippen LogP contribution in [0.15, 0.2) is 12.2 Å². The summed E-state index contributed by atoms with van der Waals surface area (Å²) in [6, 6.07) is 0. The molecule has 0 aromatic heterocycles. The van der Waals surface area contributed by atoms with E-state index in [4.69, 9.17) is 0 Å². The fraction of sp³-hybridized carbons (Fsp3) is 0.800. The summed E-state index contributed by atoms with van der Waals surface area (Å²) in [7, 11) is 0. The number of nitrogens with one attached hydrogen (secondary N) is 1. The smallest absolute Gasteiger partial charge is 0.0139 e. The Bertz CT molecular complexity index is 117. The number of rotatable bonds is 3. The molecule has 0 aliphatic heterocycles. The zero-order chi connectivity index (χ0) is 8.91. The van der Waals surface area contributed by atoms with E-state index in [1.54, 1.807) is 0 Å². The third kappa shape index (κ3) is 9.70. The van der Waals surface area contributed by atoms with Gasteiger partial charge in [-0.3, -0.25) is 0 Å². The van der Waals surface area contributed by atoms with E-state index in [1.165, 1.54) is 0 Å². The summed E-state index contributed by atoms with van der Waals surface area (Å²) < 4.78 is 0. The molecular weight excluding hydrogens is 134 g/mol. The van der Waals surface area contributed by atoms with Crippen molar-refractivity contribution in [2.45, 2.75) is 40.2 Å². The van der Waals surface area contributed by atoms with Gasteiger partial charge in [-0.2, -0.15) is 0 Å². The summed E-state index contributed by atoms with van der Waals surface area (Å²) in [4.78, 5) is 0. The highest BCUT2D eigenvalue weighted by Crippen LogP contribution is 1.98. The predicted octanol–water partition coefficient (Wildman–Crippen LogP) is 2.59. The normalized spacial score (nSPS) is 13.3. The molecule has 0 rings (SSSR count). The van der Waals surface area contributed by atoms with Gasteiger partial charge in [0.1, 0.15) is 0 Å². The Kier molecular flexibility index (Phi) is 4.43. The van der Waals surface area contributed by atoms with Gasteiger partial charge >= 0.3 is 0 Å². The third-order valence-electron chi connectivity index (χ3n) is 1.27. The summed E-state index contributed by atoms with van der Waals surface area (Å²) in [5.41, 5.74) is 0.237. The van der Waals surface area contributed by atoms with Gasteiger partial charge in [0.25, 0.3) is 0 Å². The van der Waals surface area contributed by atoms with Gasteiger partial charge < -0.3 is 5.32 Å². The van der Waals surface area contributed by atoms with Gasteiger partial charge in [-0.1, -0.05) is 26.0 Å². The van der Waals surface area contributed by atoms with Crippen molar-refractivity contribution in [1.82, 2.24) is 5.32 Å². The molecule has 0 spiro atoms. The van der Waals surface area contributed by atoms with Gasteiger partial charge in [0.15, 0.2) is 0 Å². The average molecular weight is 155 g/mol. The Balaban J connectivity index is 3.42. The van der Waals surface area contributed by atoms with Crippen molar-refractivity contribution in [2.24, 2.45) is 5.92 Å². The molecule has 1 heteroatoms. The van der Waals surface area contributed by atoms with Gasteiger partial charge in [0.2, 0.25) is 0 Å². The van der Waals surface area contributed by atoms with Crippen molar-refractivity contribution >= 4 is 0 Å². The van der Waals surface area contributed by atoms with Crippen LogP contribution in [0, 0.1) is 5.92 Å². The van der Waals surface area contributed by atoms with Crippen LogP contribution in [0.25, 0.3) is 0 Å². The maximum absolute atomic E-state index is 3.39. The van der Waals surface area contributed by atoms with Gasteiger partial charge in [-0.05, 0) is 26.7 Å². The van der Waals surface area contributed by atoms with Crippen LogP contribution in [0.5, 0.6) is 0 Å². The van der Waals surface area contributed by atoms with Crippen LogP contribution < -0.4 is 5.32 Å². The average Bonchev–Trinajstić information content (AvgIpc) is 1.78. The molecule has 66 valence electrons. The lowest BCUT2D eigenvalue weighted by atomic mass is 10.1. The second kappa shape index (κ2) is 4.55. The standard InChI is InChI=1S/C10H21N/c1-9(2)7-6-8-11-10(3,4)5/h6-7,9,11H,8H2,1-5H3. The Morgan fingerprint density at radius 2 is 1.82 bits per heavy atom. The first-order valence-electron chi connectivity index (χ1n) is 4.33. The van der Waals surface area contributed by atoms with E-state index in [1.807, 2.05) is 0 Å². The number of hydrogen-bond donors (Lipinski definition) is 1. The van der Waals surface area contributed by atoms with Crippen LogP contribution in [0.1, 0.15) is 34.6 Å².